The van der Waals surface area contributed by atoms with Gasteiger partial charge in [-0.25, -0.2) is 4.79 Å². The molecule has 1 heterocycles. The van der Waals surface area contributed by atoms with Gasteiger partial charge in [0.1, 0.15) is 6.04 Å². The molecule has 0 saturated carbocycles. The summed E-state index contributed by atoms with van der Waals surface area (Å²) in [5, 5.41) is 8.60. The second kappa shape index (κ2) is 2.92. The number of rotatable bonds is 1. The molecule has 0 aromatic carbocycles. The van der Waals surface area contributed by atoms with Crippen molar-refractivity contribution in [2.75, 3.05) is 0 Å². The second-order valence-corrected chi connectivity index (χ2v) is 2.68. The number of hydrogen-bond acceptors (Lipinski definition) is 3. The van der Waals surface area contributed by atoms with Gasteiger partial charge in [0.15, 0.2) is 0 Å². The van der Waals surface area contributed by atoms with Crippen LogP contribution < -0.4 is 0 Å². The molecule has 1 aliphatic rings. The lowest BCUT2D eigenvalue weighted by molar-refractivity contribution is -0.153. The molecule has 0 aromatic rings. The van der Waals surface area contributed by atoms with Gasteiger partial charge in [-0.15, -0.1) is 0 Å². The largest absolute Gasteiger partial charge is 0.480 e. The number of carbonyl (C=O) groups excluding carboxylic acids is 2. The first-order chi connectivity index (χ1) is 5.54. The van der Waals surface area contributed by atoms with Crippen molar-refractivity contribution in [3.8, 4) is 0 Å². The lowest BCUT2D eigenvalue weighted by atomic mass is 10.2. The quantitative estimate of drug-likeness (QED) is 0.583. The van der Waals surface area contributed by atoms with Gasteiger partial charge in [0.25, 0.3) is 0 Å². The summed E-state index contributed by atoms with van der Waals surface area (Å²) in [5.74, 6) is -2.00. The summed E-state index contributed by atoms with van der Waals surface area (Å²) in [7, 11) is 0. The van der Waals surface area contributed by atoms with E-state index in [1.165, 1.54) is 6.92 Å². The molecule has 0 bridgehead atoms. The predicted molar refractivity (Wildman–Crippen MR) is 38.2 cm³/mol. The Bertz CT molecular complexity index is 248. The Morgan fingerprint density at radius 2 is 2.17 bits per heavy atom. The van der Waals surface area contributed by atoms with Crippen LogP contribution in [0.2, 0.25) is 0 Å². The number of nitrogens with zero attached hydrogens (tertiary/aromatic N) is 1. The van der Waals surface area contributed by atoms with Crippen molar-refractivity contribution < 1.29 is 19.5 Å². The first-order valence-corrected chi connectivity index (χ1v) is 3.59. The molecule has 1 saturated heterocycles. The monoisotopic (exact) mass is 171 g/mol. The van der Waals surface area contributed by atoms with E-state index in [1.807, 2.05) is 0 Å². The molecular weight excluding hydrogens is 162 g/mol. The maximum atomic E-state index is 11.0. The number of likely N-dealkylation sites (tertiary alicyclic amines) is 1. The SMILES string of the molecule is CC(=O)N1C(=O)CC[C@H]1C(=O)O. The molecule has 66 valence electrons. The summed E-state index contributed by atoms with van der Waals surface area (Å²) < 4.78 is 0. The minimum absolute atomic E-state index is 0.149. The molecule has 1 N–H and O–H groups in total. The first-order valence-electron chi connectivity index (χ1n) is 3.59. The van der Waals surface area contributed by atoms with Gasteiger partial charge in [-0.2, -0.15) is 0 Å². The van der Waals surface area contributed by atoms with E-state index in [2.05, 4.69) is 0 Å². The zero-order valence-corrected chi connectivity index (χ0v) is 6.61. The highest BCUT2D eigenvalue weighted by Crippen LogP contribution is 2.18. The minimum Gasteiger partial charge on any atom is -0.480 e. The fraction of sp³-hybridized carbons (Fsp3) is 0.571. The van der Waals surface area contributed by atoms with Gasteiger partial charge in [-0.3, -0.25) is 14.5 Å². The van der Waals surface area contributed by atoms with Crippen LogP contribution >= 0.6 is 0 Å². The average Bonchev–Trinajstić information content (AvgIpc) is 2.30. The fourth-order valence-electron chi connectivity index (χ4n) is 1.31. The number of aliphatic carboxylic acids is 1. The van der Waals surface area contributed by atoms with Gasteiger partial charge >= 0.3 is 5.97 Å². The number of hydrogen-bond donors (Lipinski definition) is 1. The Kier molecular flexibility index (Phi) is 2.12. The molecule has 0 radical (unpaired) electrons. The van der Waals surface area contributed by atoms with Crippen molar-refractivity contribution >= 4 is 17.8 Å². The van der Waals surface area contributed by atoms with Crippen LogP contribution in [0.15, 0.2) is 0 Å². The summed E-state index contributed by atoms with van der Waals surface area (Å²) in [6, 6.07) is -0.949. The minimum atomic E-state index is -1.11. The van der Waals surface area contributed by atoms with E-state index in [9.17, 15) is 14.4 Å². The molecule has 1 rings (SSSR count). The van der Waals surface area contributed by atoms with Gasteiger partial charge in [0.2, 0.25) is 11.8 Å². The number of carboxylic acids is 1. The van der Waals surface area contributed by atoms with Crippen LogP contribution in [0.5, 0.6) is 0 Å². The molecule has 1 atom stereocenters. The van der Waals surface area contributed by atoms with Crippen molar-refractivity contribution in [1.82, 2.24) is 4.90 Å². The third-order valence-corrected chi connectivity index (χ3v) is 1.84. The smallest absolute Gasteiger partial charge is 0.326 e. The van der Waals surface area contributed by atoms with Gasteiger partial charge in [-0.1, -0.05) is 0 Å². The third kappa shape index (κ3) is 1.30. The van der Waals surface area contributed by atoms with Crippen molar-refractivity contribution in [3.05, 3.63) is 0 Å². The zero-order valence-electron chi connectivity index (χ0n) is 6.61. The molecule has 0 aromatic heterocycles. The maximum Gasteiger partial charge on any atom is 0.326 e. The summed E-state index contributed by atoms with van der Waals surface area (Å²) in [5.41, 5.74) is 0. The van der Waals surface area contributed by atoms with Gasteiger partial charge < -0.3 is 5.11 Å². The summed E-state index contributed by atoms with van der Waals surface area (Å²) in [4.78, 5) is 33.1. The first kappa shape index (κ1) is 8.70. The molecule has 1 fully saturated rings. The Morgan fingerprint density at radius 3 is 2.50 bits per heavy atom. The van der Waals surface area contributed by atoms with Crippen LogP contribution in [0, 0.1) is 0 Å². The average molecular weight is 171 g/mol. The molecule has 1 aliphatic heterocycles. The van der Waals surface area contributed by atoms with Crippen molar-refractivity contribution in [1.29, 1.82) is 0 Å². The van der Waals surface area contributed by atoms with E-state index in [1.54, 1.807) is 0 Å². The maximum absolute atomic E-state index is 11.0. The van der Waals surface area contributed by atoms with Crippen LogP contribution in [0.3, 0.4) is 0 Å². The van der Waals surface area contributed by atoms with E-state index in [-0.39, 0.29) is 12.8 Å². The third-order valence-electron chi connectivity index (χ3n) is 1.84. The number of carboxylic acid groups (broad SMARTS) is 1. The van der Waals surface area contributed by atoms with Crippen molar-refractivity contribution in [2.24, 2.45) is 0 Å². The van der Waals surface area contributed by atoms with E-state index >= 15 is 0 Å². The summed E-state index contributed by atoms with van der Waals surface area (Å²) >= 11 is 0. The van der Waals surface area contributed by atoms with E-state index in [0.29, 0.717) is 0 Å². The number of carbonyl (C=O) groups is 3. The van der Waals surface area contributed by atoms with Crippen LogP contribution in [-0.4, -0.2) is 33.8 Å². The molecular formula is C7H9NO4. The van der Waals surface area contributed by atoms with Crippen LogP contribution in [0.25, 0.3) is 0 Å². The molecule has 0 spiro atoms. The second-order valence-electron chi connectivity index (χ2n) is 2.68. The standard InChI is InChI=1S/C7H9NO4/c1-4(9)8-5(7(11)12)2-3-6(8)10/h5H,2-3H2,1H3,(H,11,12)/t5-/m0/s1. The van der Waals surface area contributed by atoms with E-state index in [0.717, 1.165) is 4.90 Å². The summed E-state index contributed by atoms with van der Waals surface area (Å²) in [6.07, 6.45) is 0.379. The van der Waals surface area contributed by atoms with E-state index < -0.39 is 23.8 Å². The molecule has 0 unspecified atom stereocenters. The van der Waals surface area contributed by atoms with Crippen LogP contribution in [0.1, 0.15) is 19.8 Å². The highest BCUT2D eigenvalue weighted by atomic mass is 16.4. The lowest BCUT2D eigenvalue weighted by Crippen LogP contribution is -2.41. The molecule has 2 amide bonds. The summed E-state index contributed by atoms with van der Waals surface area (Å²) in [6.45, 7) is 1.19. The van der Waals surface area contributed by atoms with E-state index in [4.69, 9.17) is 5.11 Å². The van der Waals surface area contributed by atoms with Crippen molar-refractivity contribution in [3.63, 3.8) is 0 Å². The number of amides is 2. The fourth-order valence-corrected chi connectivity index (χ4v) is 1.31. The predicted octanol–water partition coefficient (Wildman–Crippen LogP) is -0.392. The normalized spacial score (nSPS) is 22.9. The van der Waals surface area contributed by atoms with Crippen molar-refractivity contribution in [2.45, 2.75) is 25.8 Å². The molecule has 12 heavy (non-hydrogen) atoms. The van der Waals surface area contributed by atoms with Crippen LogP contribution in [-0.2, 0) is 14.4 Å². The Balaban J connectivity index is 2.84. The van der Waals surface area contributed by atoms with Crippen LogP contribution in [0.4, 0.5) is 0 Å². The van der Waals surface area contributed by atoms with Gasteiger partial charge in [-0.05, 0) is 6.42 Å². The number of imide groups is 1. The zero-order chi connectivity index (χ0) is 9.30. The van der Waals surface area contributed by atoms with Gasteiger partial charge in [0, 0.05) is 13.3 Å². The molecule has 5 nitrogen and oxygen atoms in total. The highest BCUT2D eigenvalue weighted by molar-refractivity contribution is 6.00. The topological polar surface area (TPSA) is 74.7 Å². The van der Waals surface area contributed by atoms with Gasteiger partial charge in [0.05, 0.1) is 0 Å². The molecule has 0 aliphatic carbocycles. The Morgan fingerprint density at radius 1 is 1.58 bits per heavy atom. The Labute approximate surface area is 69.0 Å². The molecule has 5 heteroatoms. The Hall–Kier alpha value is -1.39. The highest BCUT2D eigenvalue weighted by Gasteiger charge is 2.38. The lowest BCUT2D eigenvalue weighted by Gasteiger charge is -2.16.